The maximum absolute atomic E-state index is 12.7. The molecule has 70 valence electrons. The molecular formula is C8H6BrFO3. The van der Waals surface area contributed by atoms with Crippen molar-refractivity contribution in [2.45, 2.75) is 0 Å². The Hall–Kier alpha value is -1.10. The van der Waals surface area contributed by atoms with Crippen LogP contribution in [0.1, 0.15) is 0 Å². The monoisotopic (exact) mass is 248 g/mol. The molecule has 0 saturated heterocycles. The van der Waals surface area contributed by atoms with Crippen molar-refractivity contribution in [1.29, 1.82) is 0 Å². The predicted octanol–water partition coefficient (Wildman–Crippen LogP) is 2.05. The van der Waals surface area contributed by atoms with Gasteiger partial charge in [0.1, 0.15) is 11.6 Å². The fourth-order valence-corrected chi connectivity index (χ4v) is 1.07. The lowest BCUT2D eigenvalue weighted by Gasteiger charge is -2.03. The first-order valence-electron chi connectivity index (χ1n) is 3.39. The third-order valence-electron chi connectivity index (χ3n) is 1.25. The van der Waals surface area contributed by atoms with E-state index in [9.17, 15) is 9.18 Å². The molecule has 0 aliphatic carbocycles. The normalized spacial score (nSPS) is 9.69. The molecule has 13 heavy (non-hydrogen) atoms. The molecule has 0 amide bonds. The van der Waals surface area contributed by atoms with Crippen LogP contribution in [0.5, 0.6) is 5.75 Å². The molecule has 3 nitrogen and oxygen atoms in total. The molecule has 0 spiro atoms. The Morgan fingerprint density at radius 2 is 2.31 bits per heavy atom. The summed E-state index contributed by atoms with van der Waals surface area (Å²) in [5, 5.41) is 8.29. The van der Waals surface area contributed by atoms with Crippen LogP contribution in [0.15, 0.2) is 22.7 Å². The van der Waals surface area contributed by atoms with Crippen LogP contribution in [0, 0.1) is 5.82 Å². The summed E-state index contributed by atoms with van der Waals surface area (Å²) in [5.74, 6) is -1.17. The largest absolute Gasteiger partial charge is 0.482 e. The number of carboxylic acids is 1. The van der Waals surface area contributed by atoms with Gasteiger partial charge in [0.05, 0.1) is 4.47 Å². The van der Waals surface area contributed by atoms with Gasteiger partial charge in [-0.1, -0.05) is 0 Å². The van der Waals surface area contributed by atoms with Crippen molar-refractivity contribution in [3.63, 3.8) is 0 Å². The Labute approximate surface area is 82.3 Å². The minimum absolute atomic E-state index is 0.246. The average Bonchev–Trinajstić information content (AvgIpc) is 2.07. The molecule has 5 heteroatoms. The number of hydrogen-bond acceptors (Lipinski definition) is 2. The second kappa shape index (κ2) is 4.23. The van der Waals surface area contributed by atoms with Crippen LogP contribution in [0.25, 0.3) is 0 Å². The zero-order chi connectivity index (χ0) is 9.84. The summed E-state index contributed by atoms with van der Waals surface area (Å²) in [6.45, 7) is -0.432. The minimum Gasteiger partial charge on any atom is -0.482 e. The summed E-state index contributed by atoms with van der Waals surface area (Å²) in [5.41, 5.74) is 0. The zero-order valence-electron chi connectivity index (χ0n) is 6.46. The van der Waals surface area contributed by atoms with E-state index in [1.807, 2.05) is 0 Å². The number of aliphatic carboxylic acids is 1. The second-order valence-electron chi connectivity index (χ2n) is 2.26. The van der Waals surface area contributed by atoms with Crippen molar-refractivity contribution in [1.82, 2.24) is 0 Å². The Bertz CT molecular complexity index is 327. The quantitative estimate of drug-likeness (QED) is 0.891. The van der Waals surface area contributed by atoms with E-state index in [0.717, 1.165) is 0 Å². The van der Waals surface area contributed by atoms with Gasteiger partial charge in [-0.15, -0.1) is 0 Å². The van der Waals surface area contributed by atoms with Gasteiger partial charge in [0.2, 0.25) is 0 Å². The first-order chi connectivity index (χ1) is 6.09. The van der Waals surface area contributed by atoms with E-state index >= 15 is 0 Å². The summed E-state index contributed by atoms with van der Waals surface area (Å²) >= 11 is 2.95. The Balaban J connectivity index is 2.68. The van der Waals surface area contributed by atoms with Crippen molar-refractivity contribution < 1.29 is 19.0 Å². The lowest BCUT2D eigenvalue weighted by molar-refractivity contribution is -0.139. The molecule has 0 aliphatic rings. The highest BCUT2D eigenvalue weighted by atomic mass is 79.9. The number of benzene rings is 1. The van der Waals surface area contributed by atoms with Crippen LogP contribution in [0.4, 0.5) is 4.39 Å². The molecule has 0 aliphatic heterocycles. The van der Waals surface area contributed by atoms with Gasteiger partial charge in [-0.25, -0.2) is 9.18 Å². The Morgan fingerprint density at radius 3 is 2.85 bits per heavy atom. The smallest absolute Gasteiger partial charge is 0.341 e. The Kier molecular flexibility index (Phi) is 3.25. The topological polar surface area (TPSA) is 46.5 Å². The summed E-state index contributed by atoms with van der Waals surface area (Å²) in [6, 6.07) is 3.93. The lowest BCUT2D eigenvalue weighted by atomic mass is 10.3. The van der Waals surface area contributed by atoms with Crippen molar-refractivity contribution in [3.05, 3.63) is 28.5 Å². The average molecular weight is 249 g/mol. The second-order valence-corrected chi connectivity index (χ2v) is 3.11. The zero-order valence-corrected chi connectivity index (χ0v) is 8.04. The van der Waals surface area contributed by atoms with Gasteiger partial charge in [-0.2, -0.15) is 0 Å². The fourth-order valence-electron chi connectivity index (χ4n) is 0.712. The van der Waals surface area contributed by atoms with E-state index < -0.39 is 18.4 Å². The molecule has 1 aromatic rings. The van der Waals surface area contributed by atoms with E-state index in [4.69, 9.17) is 9.84 Å². The molecule has 1 N–H and O–H groups in total. The summed E-state index contributed by atoms with van der Waals surface area (Å²) in [4.78, 5) is 10.1. The highest BCUT2D eigenvalue weighted by Gasteiger charge is 2.02. The third-order valence-corrected chi connectivity index (χ3v) is 1.86. The maximum atomic E-state index is 12.7. The van der Waals surface area contributed by atoms with Crippen molar-refractivity contribution in [3.8, 4) is 5.75 Å². The number of rotatable bonds is 3. The van der Waals surface area contributed by atoms with E-state index in [1.165, 1.54) is 18.2 Å². The molecule has 1 aromatic carbocycles. The number of carbonyl (C=O) groups is 1. The first-order valence-corrected chi connectivity index (χ1v) is 4.18. The van der Waals surface area contributed by atoms with Gasteiger partial charge in [0.15, 0.2) is 6.61 Å². The summed E-state index contributed by atoms with van der Waals surface area (Å²) in [6.07, 6.45) is 0. The van der Waals surface area contributed by atoms with Crippen molar-refractivity contribution >= 4 is 21.9 Å². The SMILES string of the molecule is O=C(O)COc1ccc(F)c(Br)c1. The van der Waals surface area contributed by atoms with Crippen molar-refractivity contribution in [2.75, 3.05) is 6.61 Å². The van der Waals surface area contributed by atoms with Gasteiger partial charge in [0, 0.05) is 0 Å². The molecule has 1 rings (SSSR count). The van der Waals surface area contributed by atoms with Crippen LogP contribution in [-0.2, 0) is 4.79 Å². The van der Waals surface area contributed by atoms with Crippen LogP contribution < -0.4 is 4.74 Å². The van der Waals surface area contributed by atoms with Gasteiger partial charge in [-0.3, -0.25) is 0 Å². The fraction of sp³-hybridized carbons (Fsp3) is 0.125. The highest BCUT2D eigenvalue weighted by molar-refractivity contribution is 9.10. The molecule has 0 saturated carbocycles. The number of ether oxygens (including phenoxy) is 1. The number of hydrogen-bond donors (Lipinski definition) is 1. The standard InChI is InChI=1S/C8H6BrFO3/c9-6-3-5(1-2-7(6)10)13-4-8(11)12/h1-3H,4H2,(H,11,12). The van der Waals surface area contributed by atoms with E-state index in [-0.39, 0.29) is 4.47 Å². The minimum atomic E-state index is -1.07. The molecule has 0 fully saturated rings. The molecule has 0 bridgehead atoms. The Morgan fingerprint density at radius 1 is 1.62 bits per heavy atom. The lowest BCUT2D eigenvalue weighted by Crippen LogP contribution is -2.09. The van der Waals surface area contributed by atoms with Crippen molar-refractivity contribution in [2.24, 2.45) is 0 Å². The number of carboxylic acid groups (broad SMARTS) is 1. The molecule has 0 aromatic heterocycles. The molecule has 0 radical (unpaired) electrons. The highest BCUT2D eigenvalue weighted by Crippen LogP contribution is 2.21. The predicted molar refractivity (Wildman–Crippen MR) is 47.2 cm³/mol. The van der Waals surface area contributed by atoms with Gasteiger partial charge >= 0.3 is 5.97 Å². The van der Waals surface area contributed by atoms with Gasteiger partial charge < -0.3 is 9.84 Å². The molecular weight excluding hydrogens is 243 g/mol. The van der Waals surface area contributed by atoms with E-state index in [0.29, 0.717) is 5.75 Å². The van der Waals surface area contributed by atoms with Crippen LogP contribution in [0.2, 0.25) is 0 Å². The summed E-state index contributed by atoms with van der Waals surface area (Å²) < 4.78 is 17.7. The van der Waals surface area contributed by atoms with Crippen LogP contribution in [0.3, 0.4) is 0 Å². The van der Waals surface area contributed by atoms with Gasteiger partial charge in [-0.05, 0) is 34.1 Å². The summed E-state index contributed by atoms with van der Waals surface area (Å²) in [7, 11) is 0. The maximum Gasteiger partial charge on any atom is 0.341 e. The van der Waals surface area contributed by atoms with E-state index in [1.54, 1.807) is 0 Å². The molecule has 0 atom stereocenters. The molecule has 0 heterocycles. The third kappa shape index (κ3) is 3.02. The number of halogens is 2. The van der Waals surface area contributed by atoms with Gasteiger partial charge in [0.25, 0.3) is 0 Å². The van der Waals surface area contributed by atoms with Crippen LogP contribution >= 0.6 is 15.9 Å². The molecule has 0 unspecified atom stereocenters. The first kappa shape index (κ1) is 9.98. The van der Waals surface area contributed by atoms with Crippen LogP contribution in [-0.4, -0.2) is 17.7 Å². The van der Waals surface area contributed by atoms with E-state index in [2.05, 4.69) is 15.9 Å².